The molecular formula is C16H12BrN3O3. The summed E-state index contributed by atoms with van der Waals surface area (Å²) in [6, 6.07) is 15.2. The van der Waals surface area contributed by atoms with Crippen molar-refractivity contribution in [2.75, 3.05) is 0 Å². The Morgan fingerprint density at radius 1 is 1.13 bits per heavy atom. The van der Waals surface area contributed by atoms with Crippen molar-refractivity contribution in [2.24, 2.45) is 5.10 Å². The van der Waals surface area contributed by atoms with Crippen molar-refractivity contribution in [2.45, 2.75) is 0 Å². The average molecular weight is 374 g/mol. The number of nitrogens with zero attached hydrogens (tertiary/aromatic N) is 2. The molecule has 2 aromatic carbocycles. The van der Waals surface area contributed by atoms with Gasteiger partial charge in [-0.2, -0.15) is 5.10 Å². The lowest BCUT2D eigenvalue weighted by Gasteiger charge is -2.00. The fraction of sp³-hybridized carbons (Fsp3) is 0. The van der Waals surface area contributed by atoms with E-state index in [9.17, 15) is 14.9 Å². The van der Waals surface area contributed by atoms with Crippen LogP contribution in [0.15, 0.2) is 64.2 Å². The number of para-hydroxylation sites is 1. The fourth-order valence-corrected chi connectivity index (χ4v) is 2.15. The number of carbonyl (C=O) groups excluding carboxylic acids is 1. The van der Waals surface area contributed by atoms with E-state index in [0.717, 1.165) is 5.56 Å². The molecule has 0 spiro atoms. The molecule has 0 heterocycles. The van der Waals surface area contributed by atoms with Gasteiger partial charge in [0.15, 0.2) is 0 Å². The highest BCUT2D eigenvalue weighted by atomic mass is 79.9. The van der Waals surface area contributed by atoms with Gasteiger partial charge in [-0.1, -0.05) is 42.5 Å². The molecule has 0 unspecified atom stereocenters. The lowest BCUT2D eigenvalue weighted by Crippen LogP contribution is -2.18. The van der Waals surface area contributed by atoms with Crippen molar-refractivity contribution in [1.29, 1.82) is 0 Å². The molecule has 0 aliphatic carbocycles. The van der Waals surface area contributed by atoms with E-state index < -0.39 is 10.8 Å². The van der Waals surface area contributed by atoms with Crippen LogP contribution in [-0.4, -0.2) is 17.0 Å². The normalized spacial score (nSPS) is 11.4. The van der Waals surface area contributed by atoms with Crippen molar-refractivity contribution < 1.29 is 9.72 Å². The van der Waals surface area contributed by atoms with Gasteiger partial charge in [0.1, 0.15) is 5.56 Å². The molecule has 0 atom stereocenters. The molecule has 0 saturated heterocycles. The van der Waals surface area contributed by atoms with Gasteiger partial charge in [-0.3, -0.25) is 14.9 Å². The van der Waals surface area contributed by atoms with Crippen molar-refractivity contribution in [3.63, 3.8) is 0 Å². The number of carbonyl (C=O) groups is 1. The van der Waals surface area contributed by atoms with E-state index in [-0.39, 0.29) is 11.3 Å². The predicted octanol–water partition coefficient (Wildman–Crippen LogP) is 3.75. The van der Waals surface area contributed by atoms with Gasteiger partial charge in [-0.15, -0.1) is 0 Å². The van der Waals surface area contributed by atoms with Crippen LogP contribution in [0.2, 0.25) is 0 Å². The highest BCUT2D eigenvalue weighted by Gasteiger charge is 2.18. The molecule has 23 heavy (non-hydrogen) atoms. The van der Waals surface area contributed by atoms with Gasteiger partial charge in [0, 0.05) is 10.5 Å². The molecule has 0 fully saturated rings. The standard InChI is InChI=1S/C16H12BrN3O3/c17-13(10-12-6-2-1-3-7-12)11-18-19-16(21)14-8-4-5-9-15(14)20(22)23/h1-11H,(H,19,21)/b13-10-,18-11+. The number of hydrazone groups is 1. The van der Waals surface area contributed by atoms with Crippen LogP contribution in [0.25, 0.3) is 6.08 Å². The van der Waals surface area contributed by atoms with E-state index >= 15 is 0 Å². The van der Waals surface area contributed by atoms with Crippen LogP contribution < -0.4 is 5.43 Å². The number of nitro benzene ring substituents is 1. The second-order valence-electron chi connectivity index (χ2n) is 4.41. The molecule has 2 aromatic rings. The fourth-order valence-electron chi connectivity index (χ4n) is 1.78. The minimum atomic E-state index is -0.645. The first-order valence-electron chi connectivity index (χ1n) is 6.57. The number of hydrogen-bond acceptors (Lipinski definition) is 4. The molecule has 0 aliphatic rings. The Kier molecular flexibility index (Phi) is 5.76. The maximum atomic E-state index is 11.9. The number of benzene rings is 2. The average Bonchev–Trinajstić information content (AvgIpc) is 2.55. The summed E-state index contributed by atoms with van der Waals surface area (Å²) in [5.74, 6) is -0.645. The summed E-state index contributed by atoms with van der Waals surface area (Å²) < 4.78 is 0.645. The second kappa shape index (κ2) is 8.00. The SMILES string of the molecule is O=C(N/N=C/C(Br)=C/c1ccccc1)c1ccccc1[N+](=O)[O-]. The lowest BCUT2D eigenvalue weighted by molar-refractivity contribution is -0.385. The lowest BCUT2D eigenvalue weighted by atomic mass is 10.2. The molecule has 0 radical (unpaired) electrons. The number of hydrogen-bond donors (Lipinski definition) is 1. The molecule has 6 nitrogen and oxygen atoms in total. The summed E-state index contributed by atoms with van der Waals surface area (Å²) in [6.07, 6.45) is 3.22. The van der Waals surface area contributed by atoms with Gasteiger partial charge in [0.2, 0.25) is 0 Å². The molecule has 0 saturated carbocycles. The molecule has 0 aliphatic heterocycles. The predicted molar refractivity (Wildman–Crippen MR) is 92.4 cm³/mol. The summed E-state index contributed by atoms with van der Waals surface area (Å²) in [6.45, 7) is 0. The Balaban J connectivity index is 2.05. The summed E-state index contributed by atoms with van der Waals surface area (Å²) in [7, 11) is 0. The number of allylic oxidation sites excluding steroid dienone is 1. The van der Waals surface area contributed by atoms with Crippen LogP contribution >= 0.6 is 15.9 Å². The third-order valence-corrected chi connectivity index (χ3v) is 3.24. The first-order valence-corrected chi connectivity index (χ1v) is 7.36. The highest BCUT2D eigenvalue weighted by Crippen LogP contribution is 2.17. The maximum Gasteiger partial charge on any atom is 0.282 e. The van der Waals surface area contributed by atoms with Crippen LogP contribution in [-0.2, 0) is 0 Å². The van der Waals surface area contributed by atoms with E-state index in [2.05, 4.69) is 26.5 Å². The molecule has 0 aromatic heterocycles. The molecule has 1 N–H and O–H groups in total. The molecular weight excluding hydrogens is 362 g/mol. The molecule has 2 rings (SSSR count). The Bertz CT molecular complexity index is 773. The van der Waals surface area contributed by atoms with Gasteiger partial charge in [0.25, 0.3) is 11.6 Å². The highest BCUT2D eigenvalue weighted by molar-refractivity contribution is 9.12. The summed E-state index contributed by atoms with van der Waals surface area (Å²) >= 11 is 3.31. The summed E-state index contributed by atoms with van der Waals surface area (Å²) in [5, 5.41) is 14.7. The zero-order valence-electron chi connectivity index (χ0n) is 11.8. The minimum Gasteiger partial charge on any atom is -0.267 e. The quantitative estimate of drug-likeness (QED) is 0.492. The maximum absolute atomic E-state index is 11.9. The Morgan fingerprint density at radius 2 is 1.78 bits per heavy atom. The first kappa shape index (κ1) is 16.6. The van der Waals surface area contributed by atoms with Gasteiger partial charge in [-0.25, -0.2) is 5.43 Å². The molecule has 0 bridgehead atoms. The van der Waals surface area contributed by atoms with Crippen LogP contribution in [0, 0.1) is 10.1 Å². The van der Waals surface area contributed by atoms with Gasteiger partial charge in [-0.05, 0) is 33.6 Å². The van der Waals surface area contributed by atoms with E-state index in [1.54, 1.807) is 6.07 Å². The van der Waals surface area contributed by atoms with Gasteiger partial charge >= 0.3 is 0 Å². The zero-order chi connectivity index (χ0) is 16.7. The third kappa shape index (κ3) is 4.86. The Labute approximate surface area is 140 Å². The van der Waals surface area contributed by atoms with E-state index in [1.165, 1.54) is 24.4 Å². The number of nitro groups is 1. The van der Waals surface area contributed by atoms with E-state index in [4.69, 9.17) is 0 Å². The van der Waals surface area contributed by atoms with Crippen LogP contribution in [0.3, 0.4) is 0 Å². The number of halogens is 1. The van der Waals surface area contributed by atoms with Crippen LogP contribution in [0.1, 0.15) is 15.9 Å². The van der Waals surface area contributed by atoms with Crippen LogP contribution in [0.5, 0.6) is 0 Å². The topological polar surface area (TPSA) is 84.6 Å². The van der Waals surface area contributed by atoms with E-state index in [1.807, 2.05) is 36.4 Å². The van der Waals surface area contributed by atoms with Crippen molar-refractivity contribution in [3.8, 4) is 0 Å². The minimum absolute atomic E-state index is 0.0437. The van der Waals surface area contributed by atoms with Crippen molar-refractivity contribution in [3.05, 3.63) is 80.3 Å². The third-order valence-electron chi connectivity index (χ3n) is 2.80. The summed E-state index contributed by atoms with van der Waals surface area (Å²) in [4.78, 5) is 22.2. The number of amides is 1. The van der Waals surface area contributed by atoms with E-state index in [0.29, 0.717) is 4.48 Å². The smallest absolute Gasteiger partial charge is 0.267 e. The molecule has 7 heteroatoms. The monoisotopic (exact) mass is 373 g/mol. The van der Waals surface area contributed by atoms with Crippen molar-refractivity contribution >= 4 is 39.8 Å². The largest absolute Gasteiger partial charge is 0.282 e. The van der Waals surface area contributed by atoms with Crippen LogP contribution in [0.4, 0.5) is 5.69 Å². The first-order chi connectivity index (χ1) is 11.1. The Morgan fingerprint density at radius 3 is 2.48 bits per heavy atom. The second-order valence-corrected chi connectivity index (χ2v) is 5.33. The van der Waals surface area contributed by atoms with Gasteiger partial charge < -0.3 is 0 Å². The Hall–Kier alpha value is -2.80. The zero-order valence-corrected chi connectivity index (χ0v) is 13.4. The molecule has 116 valence electrons. The number of nitrogens with one attached hydrogen (secondary N) is 1. The van der Waals surface area contributed by atoms with Crippen molar-refractivity contribution in [1.82, 2.24) is 5.43 Å². The van der Waals surface area contributed by atoms with Gasteiger partial charge in [0.05, 0.1) is 11.1 Å². The summed E-state index contributed by atoms with van der Waals surface area (Å²) in [5.41, 5.74) is 2.93. The number of rotatable bonds is 5. The molecule has 1 amide bonds.